The number of hydrogen-bond donors (Lipinski definition) is 2. The van der Waals surface area contributed by atoms with Crippen molar-refractivity contribution < 1.29 is 13.6 Å². The summed E-state index contributed by atoms with van der Waals surface area (Å²) in [5.41, 5.74) is 8.84. The largest absolute Gasteiger partial charge is 0.369 e. The van der Waals surface area contributed by atoms with Crippen LogP contribution in [-0.2, 0) is 0 Å². The molecule has 3 aromatic rings. The van der Waals surface area contributed by atoms with Gasteiger partial charge in [0.25, 0.3) is 5.91 Å². The SMILES string of the molecule is Cc1cc2ncc(C(N)=O)c(Nc3ccc(F)cc3F)c2cc1N1CCN(C)CC1. The second kappa shape index (κ2) is 7.87. The fourth-order valence-corrected chi connectivity index (χ4v) is 3.77. The van der Waals surface area contributed by atoms with Crippen molar-refractivity contribution in [1.29, 1.82) is 0 Å². The molecule has 1 saturated heterocycles. The number of aromatic nitrogens is 1. The molecule has 0 saturated carbocycles. The Hall–Kier alpha value is -3.26. The van der Waals surface area contributed by atoms with E-state index in [-0.39, 0.29) is 11.3 Å². The summed E-state index contributed by atoms with van der Waals surface area (Å²) in [4.78, 5) is 21.0. The van der Waals surface area contributed by atoms with Crippen molar-refractivity contribution in [2.75, 3.05) is 43.4 Å². The van der Waals surface area contributed by atoms with Gasteiger partial charge in [-0.05, 0) is 43.8 Å². The molecule has 2 aromatic carbocycles. The van der Waals surface area contributed by atoms with Crippen molar-refractivity contribution in [3.8, 4) is 0 Å². The van der Waals surface area contributed by atoms with Gasteiger partial charge < -0.3 is 20.9 Å². The first-order valence-corrected chi connectivity index (χ1v) is 9.72. The molecule has 6 nitrogen and oxygen atoms in total. The van der Waals surface area contributed by atoms with Gasteiger partial charge in [-0.15, -0.1) is 0 Å². The molecule has 1 fully saturated rings. The Bertz CT molecular complexity index is 1130. The van der Waals surface area contributed by atoms with E-state index in [0.29, 0.717) is 16.6 Å². The number of benzene rings is 2. The van der Waals surface area contributed by atoms with E-state index < -0.39 is 17.5 Å². The van der Waals surface area contributed by atoms with Crippen LogP contribution in [0.15, 0.2) is 36.5 Å². The quantitative estimate of drug-likeness (QED) is 0.688. The van der Waals surface area contributed by atoms with Crippen LogP contribution in [0.25, 0.3) is 10.9 Å². The van der Waals surface area contributed by atoms with Crippen LogP contribution >= 0.6 is 0 Å². The summed E-state index contributed by atoms with van der Waals surface area (Å²) in [6.45, 7) is 5.66. The maximum Gasteiger partial charge on any atom is 0.252 e. The molecule has 1 aliphatic rings. The molecule has 30 heavy (non-hydrogen) atoms. The van der Waals surface area contributed by atoms with E-state index in [9.17, 15) is 13.6 Å². The van der Waals surface area contributed by atoms with Gasteiger partial charge in [0.05, 0.1) is 22.5 Å². The molecule has 0 atom stereocenters. The molecule has 0 aliphatic carbocycles. The zero-order valence-corrected chi connectivity index (χ0v) is 16.9. The Labute approximate surface area is 173 Å². The van der Waals surface area contributed by atoms with E-state index in [2.05, 4.69) is 27.1 Å². The van der Waals surface area contributed by atoms with E-state index in [1.165, 1.54) is 12.3 Å². The molecule has 0 spiro atoms. The minimum absolute atomic E-state index is 0.0492. The van der Waals surface area contributed by atoms with E-state index in [0.717, 1.165) is 49.6 Å². The summed E-state index contributed by atoms with van der Waals surface area (Å²) in [7, 11) is 2.09. The van der Waals surface area contributed by atoms with Crippen LogP contribution in [0.3, 0.4) is 0 Å². The van der Waals surface area contributed by atoms with Crippen molar-refractivity contribution in [2.24, 2.45) is 5.73 Å². The molecule has 0 bridgehead atoms. The lowest BCUT2D eigenvalue weighted by atomic mass is 10.0. The number of rotatable bonds is 4. The molecule has 4 rings (SSSR count). The van der Waals surface area contributed by atoms with Gasteiger partial charge in [0.1, 0.15) is 11.6 Å². The average Bonchev–Trinajstić information content (AvgIpc) is 2.70. The summed E-state index contributed by atoms with van der Waals surface area (Å²) in [6.07, 6.45) is 1.38. The summed E-state index contributed by atoms with van der Waals surface area (Å²) in [5, 5.41) is 3.59. The Balaban J connectivity index is 1.86. The number of carbonyl (C=O) groups excluding carboxylic acids is 1. The van der Waals surface area contributed by atoms with Crippen LogP contribution in [0.5, 0.6) is 0 Å². The number of anilines is 3. The van der Waals surface area contributed by atoms with Crippen LogP contribution < -0.4 is 16.0 Å². The average molecular weight is 411 g/mol. The number of fused-ring (bicyclic) bond motifs is 1. The molecule has 1 aliphatic heterocycles. The number of likely N-dealkylation sites (N-methyl/N-ethyl adjacent to an activating group) is 1. The highest BCUT2D eigenvalue weighted by Gasteiger charge is 2.20. The number of amides is 1. The van der Waals surface area contributed by atoms with Crippen LogP contribution in [0.1, 0.15) is 15.9 Å². The van der Waals surface area contributed by atoms with E-state index in [4.69, 9.17) is 5.73 Å². The van der Waals surface area contributed by atoms with Crippen molar-refractivity contribution in [2.45, 2.75) is 6.92 Å². The summed E-state index contributed by atoms with van der Waals surface area (Å²) in [5.74, 6) is -2.13. The third-order valence-electron chi connectivity index (χ3n) is 5.49. The molecule has 2 heterocycles. The van der Waals surface area contributed by atoms with Crippen molar-refractivity contribution in [3.63, 3.8) is 0 Å². The van der Waals surface area contributed by atoms with E-state index >= 15 is 0 Å². The van der Waals surface area contributed by atoms with Gasteiger partial charge in [0.15, 0.2) is 0 Å². The normalized spacial score (nSPS) is 14.9. The van der Waals surface area contributed by atoms with Gasteiger partial charge in [-0.25, -0.2) is 8.78 Å². The molecular weight excluding hydrogens is 388 g/mol. The number of carbonyl (C=O) groups is 1. The topological polar surface area (TPSA) is 74.5 Å². The minimum Gasteiger partial charge on any atom is -0.369 e. The first-order chi connectivity index (χ1) is 14.3. The monoisotopic (exact) mass is 411 g/mol. The Morgan fingerprint density at radius 2 is 1.87 bits per heavy atom. The maximum absolute atomic E-state index is 14.3. The predicted molar refractivity (Wildman–Crippen MR) is 114 cm³/mol. The molecular formula is C22H23F2N5O. The number of pyridine rings is 1. The molecule has 0 radical (unpaired) electrons. The third-order valence-corrected chi connectivity index (χ3v) is 5.49. The third kappa shape index (κ3) is 3.78. The molecule has 156 valence electrons. The lowest BCUT2D eigenvalue weighted by Crippen LogP contribution is -2.44. The Kier molecular flexibility index (Phi) is 5.26. The van der Waals surface area contributed by atoms with Gasteiger partial charge in [-0.3, -0.25) is 9.78 Å². The number of halogens is 2. The second-order valence-electron chi connectivity index (χ2n) is 7.61. The molecule has 1 aromatic heterocycles. The lowest BCUT2D eigenvalue weighted by Gasteiger charge is -2.35. The second-order valence-corrected chi connectivity index (χ2v) is 7.61. The number of piperazine rings is 1. The molecule has 8 heteroatoms. The summed E-state index contributed by atoms with van der Waals surface area (Å²) < 4.78 is 27.6. The van der Waals surface area contributed by atoms with Crippen molar-refractivity contribution in [1.82, 2.24) is 9.88 Å². The van der Waals surface area contributed by atoms with Crippen LogP contribution in [-0.4, -0.2) is 49.0 Å². The highest BCUT2D eigenvalue weighted by molar-refractivity contribution is 6.08. The molecule has 3 N–H and O–H groups in total. The zero-order chi connectivity index (χ0) is 21.4. The molecule has 0 unspecified atom stereocenters. The first kappa shape index (κ1) is 20.0. The summed E-state index contributed by atoms with van der Waals surface area (Å²) in [6, 6.07) is 7.13. The van der Waals surface area contributed by atoms with Crippen molar-refractivity contribution >= 4 is 33.9 Å². The van der Waals surface area contributed by atoms with Crippen LogP contribution in [0, 0.1) is 18.6 Å². The number of nitrogens with zero attached hydrogens (tertiary/aromatic N) is 3. The van der Waals surface area contributed by atoms with E-state index in [1.54, 1.807) is 0 Å². The lowest BCUT2D eigenvalue weighted by molar-refractivity contribution is 0.100. The Morgan fingerprint density at radius 1 is 1.13 bits per heavy atom. The van der Waals surface area contributed by atoms with Crippen LogP contribution in [0.4, 0.5) is 25.8 Å². The maximum atomic E-state index is 14.3. The summed E-state index contributed by atoms with van der Waals surface area (Å²) >= 11 is 0. The first-order valence-electron chi connectivity index (χ1n) is 9.72. The van der Waals surface area contributed by atoms with Gasteiger partial charge in [-0.2, -0.15) is 0 Å². The fourth-order valence-electron chi connectivity index (χ4n) is 3.77. The number of primary amides is 1. The predicted octanol–water partition coefficient (Wildman–Crippen LogP) is 3.42. The van der Waals surface area contributed by atoms with Crippen LogP contribution in [0.2, 0.25) is 0 Å². The number of nitrogens with two attached hydrogens (primary N) is 1. The highest BCUT2D eigenvalue weighted by Crippen LogP contribution is 2.35. The smallest absolute Gasteiger partial charge is 0.252 e. The van der Waals surface area contributed by atoms with Crippen molar-refractivity contribution in [3.05, 3.63) is 59.3 Å². The standard InChI is InChI=1S/C22H23F2N5O/c1-13-9-19-15(11-20(13)29-7-5-28(2)6-8-29)21(16(12-26-19)22(25)30)27-18-4-3-14(23)10-17(18)24/h3-4,9-12H,5-8H2,1-2H3,(H2,25,30)(H,26,27). The molecule has 1 amide bonds. The number of nitrogens with one attached hydrogen (secondary N) is 1. The number of hydrogen-bond acceptors (Lipinski definition) is 5. The number of aryl methyl sites for hydroxylation is 1. The minimum atomic E-state index is -0.762. The van der Waals surface area contributed by atoms with Gasteiger partial charge >= 0.3 is 0 Å². The fraction of sp³-hybridized carbons (Fsp3) is 0.273. The van der Waals surface area contributed by atoms with E-state index in [1.807, 2.05) is 19.1 Å². The Morgan fingerprint density at radius 3 is 2.53 bits per heavy atom. The van der Waals surface area contributed by atoms with Gasteiger partial charge in [-0.1, -0.05) is 0 Å². The van der Waals surface area contributed by atoms with Gasteiger partial charge in [0.2, 0.25) is 0 Å². The highest BCUT2D eigenvalue weighted by atomic mass is 19.1. The van der Waals surface area contributed by atoms with Gasteiger partial charge in [0, 0.05) is 49.5 Å². The zero-order valence-electron chi connectivity index (χ0n) is 16.9.